The largest absolute Gasteiger partial charge is 0.450 e. The summed E-state index contributed by atoms with van der Waals surface area (Å²) in [7, 11) is -2.95. The van der Waals surface area contributed by atoms with Gasteiger partial charge in [-0.15, -0.1) is 5.10 Å². The monoisotopic (exact) mass is 370 g/mol. The van der Waals surface area contributed by atoms with Gasteiger partial charge >= 0.3 is 6.09 Å². The van der Waals surface area contributed by atoms with Crippen molar-refractivity contribution in [2.75, 3.05) is 54.5 Å². The van der Waals surface area contributed by atoms with Crippen LogP contribution in [-0.4, -0.2) is 84.9 Å². The fourth-order valence-corrected chi connectivity index (χ4v) is 4.59. The third-order valence-corrected chi connectivity index (χ3v) is 5.99. The van der Waals surface area contributed by atoms with Crippen LogP contribution in [0.25, 0.3) is 0 Å². The van der Waals surface area contributed by atoms with Gasteiger partial charge in [0.2, 0.25) is 5.95 Å². The Labute approximate surface area is 146 Å². The summed E-state index contributed by atoms with van der Waals surface area (Å²) in [6, 6.07) is -0.143. The van der Waals surface area contributed by atoms with Crippen molar-refractivity contribution in [1.29, 1.82) is 0 Å². The summed E-state index contributed by atoms with van der Waals surface area (Å²) >= 11 is 0. The summed E-state index contributed by atoms with van der Waals surface area (Å²) in [6.07, 6.45) is 1.75. The highest BCUT2D eigenvalue weighted by Gasteiger charge is 2.28. The van der Waals surface area contributed by atoms with Gasteiger partial charge in [0.05, 0.1) is 24.3 Å². The summed E-state index contributed by atoms with van der Waals surface area (Å²) in [5, 5.41) is 11.1. The highest BCUT2D eigenvalue weighted by molar-refractivity contribution is 7.91. The summed E-state index contributed by atoms with van der Waals surface area (Å²) in [5.74, 6) is 1.30. The number of amides is 1. The van der Waals surface area contributed by atoms with Gasteiger partial charge in [-0.1, -0.05) is 0 Å². The minimum Gasteiger partial charge on any atom is -0.450 e. The zero-order valence-corrected chi connectivity index (χ0v) is 14.9. The summed E-state index contributed by atoms with van der Waals surface area (Å²) in [4.78, 5) is 19.7. The van der Waals surface area contributed by atoms with Crippen LogP contribution in [0, 0.1) is 0 Å². The second kappa shape index (κ2) is 7.38. The number of ether oxygens (including phenoxy) is 1. The number of hydrogen-bond acceptors (Lipinski definition) is 9. The number of nitrogens with zero attached hydrogens (tertiary/aromatic N) is 5. The van der Waals surface area contributed by atoms with Crippen molar-refractivity contribution in [2.45, 2.75) is 19.4 Å². The first kappa shape index (κ1) is 17.6. The van der Waals surface area contributed by atoms with Gasteiger partial charge in [-0.3, -0.25) is 0 Å². The number of carbonyl (C=O) groups is 1. The Bertz CT molecular complexity index is 720. The predicted molar refractivity (Wildman–Crippen MR) is 91.3 cm³/mol. The van der Waals surface area contributed by atoms with Crippen molar-refractivity contribution < 1.29 is 17.9 Å². The Morgan fingerprint density at radius 1 is 1.36 bits per heavy atom. The van der Waals surface area contributed by atoms with Gasteiger partial charge in [-0.25, -0.2) is 13.2 Å². The van der Waals surface area contributed by atoms with E-state index in [-0.39, 0.29) is 23.6 Å². The predicted octanol–water partition coefficient (Wildman–Crippen LogP) is -0.251. The molecule has 0 spiro atoms. The Hall–Kier alpha value is -2.17. The van der Waals surface area contributed by atoms with Crippen LogP contribution in [0.5, 0.6) is 0 Å². The third-order valence-electron chi connectivity index (χ3n) is 4.22. The topological polar surface area (TPSA) is 118 Å². The molecule has 25 heavy (non-hydrogen) atoms. The van der Waals surface area contributed by atoms with Crippen molar-refractivity contribution in [3.05, 3.63) is 6.20 Å². The molecule has 138 valence electrons. The fraction of sp³-hybridized carbons (Fsp3) is 0.714. The molecule has 0 radical (unpaired) electrons. The molecule has 0 saturated carbocycles. The van der Waals surface area contributed by atoms with E-state index < -0.39 is 9.84 Å². The molecule has 2 aliphatic rings. The van der Waals surface area contributed by atoms with Gasteiger partial charge in [0, 0.05) is 32.2 Å². The number of nitrogens with one attached hydrogen (secondary N) is 1. The van der Waals surface area contributed by atoms with E-state index in [0.29, 0.717) is 51.0 Å². The van der Waals surface area contributed by atoms with E-state index in [9.17, 15) is 13.2 Å². The average molecular weight is 370 g/mol. The van der Waals surface area contributed by atoms with Crippen LogP contribution < -0.4 is 10.2 Å². The molecule has 2 saturated heterocycles. The maximum absolute atomic E-state index is 11.7. The molecule has 1 aromatic heterocycles. The highest BCUT2D eigenvalue weighted by atomic mass is 32.2. The molecule has 2 fully saturated rings. The maximum Gasteiger partial charge on any atom is 0.409 e. The number of aromatic nitrogens is 3. The van der Waals surface area contributed by atoms with Crippen LogP contribution >= 0.6 is 0 Å². The smallest absolute Gasteiger partial charge is 0.409 e. The van der Waals surface area contributed by atoms with Crippen LogP contribution in [0.1, 0.15) is 13.3 Å². The maximum atomic E-state index is 11.7. The van der Waals surface area contributed by atoms with Crippen molar-refractivity contribution >= 4 is 27.7 Å². The van der Waals surface area contributed by atoms with Crippen molar-refractivity contribution in [3.63, 3.8) is 0 Å². The summed E-state index contributed by atoms with van der Waals surface area (Å²) < 4.78 is 28.1. The van der Waals surface area contributed by atoms with Crippen molar-refractivity contribution in [2.24, 2.45) is 0 Å². The molecule has 11 heteroatoms. The van der Waals surface area contributed by atoms with E-state index in [0.717, 1.165) is 0 Å². The van der Waals surface area contributed by atoms with E-state index in [1.54, 1.807) is 11.8 Å². The van der Waals surface area contributed by atoms with Gasteiger partial charge in [0.25, 0.3) is 0 Å². The van der Waals surface area contributed by atoms with E-state index in [2.05, 4.69) is 20.5 Å². The van der Waals surface area contributed by atoms with Crippen LogP contribution in [0.4, 0.5) is 16.6 Å². The Kier molecular flexibility index (Phi) is 5.21. The zero-order valence-electron chi connectivity index (χ0n) is 14.1. The number of piperazine rings is 1. The molecule has 1 aromatic rings. The van der Waals surface area contributed by atoms with Gasteiger partial charge in [0.1, 0.15) is 0 Å². The number of carbonyl (C=O) groups excluding carboxylic acids is 1. The minimum absolute atomic E-state index is 0.116. The molecule has 1 atom stereocenters. The molecule has 1 amide bonds. The molecule has 1 unspecified atom stereocenters. The molecule has 0 bridgehead atoms. The van der Waals surface area contributed by atoms with E-state index in [1.807, 2.05) is 4.90 Å². The van der Waals surface area contributed by atoms with Crippen LogP contribution in [-0.2, 0) is 14.6 Å². The second-order valence-electron chi connectivity index (χ2n) is 6.06. The lowest BCUT2D eigenvalue weighted by Crippen LogP contribution is -2.49. The lowest BCUT2D eigenvalue weighted by molar-refractivity contribution is 0.105. The lowest BCUT2D eigenvalue weighted by Gasteiger charge is -2.33. The highest BCUT2D eigenvalue weighted by Crippen LogP contribution is 2.18. The zero-order chi connectivity index (χ0) is 17.9. The first-order valence-corrected chi connectivity index (χ1v) is 10.1. The van der Waals surface area contributed by atoms with Gasteiger partial charge in [0.15, 0.2) is 15.7 Å². The van der Waals surface area contributed by atoms with E-state index in [4.69, 9.17) is 4.74 Å². The number of rotatable bonds is 4. The van der Waals surface area contributed by atoms with Gasteiger partial charge < -0.3 is 19.9 Å². The molecule has 3 heterocycles. The molecule has 1 N–H and O–H groups in total. The van der Waals surface area contributed by atoms with Crippen molar-refractivity contribution in [3.8, 4) is 0 Å². The number of sulfone groups is 1. The SMILES string of the molecule is CCOC(=O)N1CCN(c2nncc(NC3CCS(=O)(=O)C3)n2)CC1. The summed E-state index contributed by atoms with van der Waals surface area (Å²) in [5.41, 5.74) is 0. The first-order valence-electron chi connectivity index (χ1n) is 8.30. The normalized spacial score (nSPS) is 22.7. The second-order valence-corrected chi connectivity index (χ2v) is 8.29. The number of anilines is 2. The molecular weight excluding hydrogens is 348 g/mol. The van der Waals surface area contributed by atoms with Crippen LogP contribution in [0.2, 0.25) is 0 Å². The molecule has 0 aliphatic carbocycles. The Morgan fingerprint density at radius 2 is 2.12 bits per heavy atom. The first-order chi connectivity index (χ1) is 12.0. The number of hydrogen-bond donors (Lipinski definition) is 1. The molecule has 10 nitrogen and oxygen atoms in total. The molecular formula is C14H22N6O4S. The van der Waals surface area contributed by atoms with E-state index >= 15 is 0 Å². The van der Waals surface area contributed by atoms with Crippen LogP contribution in [0.3, 0.4) is 0 Å². The molecule has 2 aliphatic heterocycles. The molecule has 0 aromatic carbocycles. The Balaban J connectivity index is 1.58. The van der Waals surface area contributed by atoms with Crippen LogP contribution in [0.15, 0.2) is 6.20 Å². The average Bonchev–Trinajstić information content (AvgIpc) is 2.94. The third kappa shape index (κ3) is 4.47. The van der Waals surface area contributed by atoms with E-state index in [1.165, 1.54) is 6.20 Å². The van der Waals surface area contributed by atoms with Gasteiger partial charge in [-0.05, 0) is 13.3 Å². The lowest BCUT2D eigenvalue weighted by atomic mass is 10.3. The quantitative estimate of drug-likeness (QED) is 0.765. The summed E-state index contributed by atoms with van der Waals surface area (Å²) in [6.45, 7) is 4.36. The molecule has 3 rings (SSSR count). The van der Waals surface area contributed by atoms with Gasteiger partial charge in [-0.2, -0.15) is 10.1 Å². The standard InChI is InChI=1S/C14H22N6O4S/c1-2-24-14(21)20-6-4-19(5-7-20)13-17-12(9-15-18-13)16-11-3-8-25(22,23)10-11/h9,11H,2-8,10H2,1H3,(H,16,17,18). The fourth-order valence-electron chi connectivity index (χ4n) is 2.92. The minimum atomic E-state index is -2.95. The van der Waals surface area contributed by atoms with Crippen molar-refractivity contribution in [1.82, 2.24) is 20.1 Å². The Morgan fingerprint density at radius 3 is 2.76 bits per heavy atom.